The van der Waals surface area contributed by atoms with Crippen LogP contribution in [0.15, 0.2) is 0 Å². The summed E-state index contributed by atoms with van der Waals surface area (Å²) in [5, 5.41) is 26.7. The lowest BCUT2D eigenvalue weighted by Gasteiger charge is -2.13. The summed E-state index contributed by atoms with van der Waals surface area (Å²) in [4.78, 5) is 10.0. The van der Waals surface area contributed by atoms with Crippen molar-refractivity contribution in [3.05, 3.63) is 0 Å². The van der Waals surface area contributed by atoms with Gasteiger partial charge in [-0.15, -0.1) is 0 Å². The minimum atomic E-state index is -1.43. The first-order chi connectivity index (χ1) is 6.02. The second-order valence-electron chi connectivity index (χ2n) is 2.94. The van der Waals surface area contributed by atoms with Gasteiger partial charge in [0.15, 0.2) is 0 Å². The maximum atomic E-state index is 10.0. The van der Waals surface area contributed by atoms with Crippen molar-refractivity contribution in [2.75, 3.05) is 6.61 Å². The van der Waals surface area contributed by atoms with Crippen LogP contribution in [0.2, 0.25) is 0 Å². The minimum absolute atomic E-state index is 0.266. The van der Waals surface area contributed by atoms with Gasteiger partial charge in [0, 0.05) is 0 Å². The van der Waals surface area contributed by atoms with Crippen LogP contribution >= 0.6 is 0 Å². The Hall–Kier alpha value is -0.785. The lowest BCUT2D eigenvalue weighted by Crippen LogP contribution is -2.34. The van der Waals surface area contributed by atoms with Crippen molar-refractivity contribution >= 4 is 14.0 Å². The Kier molecular flexibility index (Phi) is 3.13. The normalized spacial score (nSPS) is 38.9. The first kappa shape index (κ1) is 10.3. The predicted molar refractivity (Wildman–Crippen MR) is 43.2 cm³/mol. The summed E-state index contributed by atoms with van der Waals surface area (Å²) >= 11 is 0. The Balaban J connectivity index is 2.40. The van der Waals surface area contributed by atoms with Gasteiger partial charge >= 0.3 is 6.16 Å². The molecule has 0 saturated carbocycles. The molecule has 7 heteroatoms. The van der Waals surface area contributed by atoms with Crippen molar-refractivity contribution in [1.29, 1.82) is 0 Å². The van der Waals surface area contributed by atoms with Crippen molar-refractivity contribution in [3.63, 3.8) is 0 Å². The highest BCUT2D eigenvalue weighted by molar-refractivity contribution is 6.11. The molecule has 0 aromatic heterocycles. The third-order valence-corrected chi connectivity index (χ3v) is 1.97. The van der Waals surface area contributed by atoms with Crippen molar-refractivity contribution in [2.24, 2.45) is 0 Å². The zero-order chi connectivity index (χ0) is 10.0. The molecule has 3 N–H and O–H groups in total. The monoisotopic (exact) mass is 190 g/mol. The first-order valence-corrected chi connectivity index (χ1v) is 3.89. The molecule has 74 valence electrons. The average molecular weight is 190 g/mol. The van der Waals surface area contributed by atoms with Crippen LogP contribution in [0, 0.1) is 0 Å². The largest absolute Gasteiger partial charge is 0.505 e. The second-order valence-corrected chi connectivity index (χ2v) is 2.94. The molecule has 4 unspecified atom stereocenters. The molecule has 0 aromatic rings. The fourth-order valence-corrected chi connectivity index (χ4v) is 1.23. The molecule has 0 aliphatic carbocycles. The number of carboxylic acid groups (broad SMARTS) is 1. The molecule has 13 heavy (non-hydrogen) atoms. The molecule has 6 nitrogen and oxygen atoms in total. The van der Waals surface area contributed by atoms with Gasteiger partial charge in [0.1, 0.15) is 32.8 Å². The maximum Gasteiger partial charge on any atom is 0.505 e. The molecule has 1 fully saturated rings. The molecule has 0 amide bonds. The molecule has 0 bridgehead atoms. The van der Waals surface area contributed by atoms with E-state index in [2.05, 4.69) is 4.74 Å². The van der Waals surface area contributed by atoms with Crippen LogP contribution < -0.4 is 0 Å². The van der Waals surface area contributed by atoms with E-state index in [-0.39, 0.29) is 6.61 Å². The van der Waals surface area contributed by atoms with E-state index >= 15 is 0 Å². The molecule has 0 aromatic carbocycles. The molecule has 1 aliphatic heterocycles. The van der Waals surface area contributed by atoms with Gasteiger partial charge < -0.3 is 24.8 Å². The van der Waals surface area contributed by atoms with E-state index in [0.717, 1.165) is 0 Å². The molecule has 4 atom stereocenters. The summed E-state index contributed by atoms with van der Waals surface area (Å²) in [6.45, 7) is -0.266. The Morgan fingerprint density at radius 2 is 2.08 bits per heavy atom. The topological polar surface area (TPSA) is 96.2 Å². The summed E-state index contributed by atoms with van der Waals surface area (Å²) < 4.78 is 9.26. The van der Waals surface area contributed by atoms with Gasteiger partial charge in [-0.1, -0.05) is 0 Å². The van der Waals surface area contributed by atoms with Crippen LogP contribution in [0.1, 0.15) is 0 Å². The number of carbonyl (C=O) groups is 1. The molecule has 1 aliphatic rings. The van der Waals surface area contributed by atoms with Crippen LogP contribution in [0.25, 0.3) is 0 Å². The number of aliphatic hydroxyl groups excluding tert-OH is 2. The first-order valence-electron chi connectivity index (χ1n) is 3.89. The third kappa shape index (κ3) is 2.33. The summed E-state index contributed by atoms with van der Waals surface area (Å²) in [7, 11) is 1.59. The van der Waals surface area contributed by atoms with Crippen molar-refractivity contribution in [2.45, 2.75) is 24.3 Å². The number of hydrogen-bond acceptors (Lipinski definition) is 5. The van der Waals surface area contributed by atoms with Gasteiger partial charge in [0.05, 0.1) is 6.00 Å². The lowest BCUT2D eigenvalue weighted by atomic mass is 9.93. The van der Waals surface area contributed by atoms with E-state index in [0.29, 0.717) is 0 Å². The molecule has 0 radical (unpaired) electrons. The van der Waals surface area contributed by atoms with E-state index in [4.69, 9.17) is 9.84 Å². The highest BCUT2D eigenvalue weighted by Crippen LogP contribution is 2.19. The second kappa shape index (κ2) is 3.95. The zero-order valence-corrected chi connectivity index (χ0v) is 7.08. The fourth-order valence-electron chi connectivity index (χ4n) is 1.23. The number of hydrogen-bond donors (Lipinski definition) is 3. The molecule has 1 saturated heterocycles. The van der Waals surface area contributed by atoms with E-state index in [9.17, 15) is 15.0 Å². The number of ether oxygens (including phenoxy) is 2. The highest BCUT2D eigenvalue weighted by atomic mass is 16.7. The van der Waals surface area contributed by atoms with Gasteiger partial charge in [0.25, 0.3) is 0 Å². The number of aliphatic hydroxyl groups is 2. The van der Waals surface area contributed by atoms with Gasteiger partial charge in [-0.2, -0.15) is 0 Å². The number of rotatable bonds is 2. The lowest BCUT2D eigenvalue weighted by molar-refractivity contribution is -0.0236. The van der Waals surface area contributed by atoms with Gasteiger partial charge in [-0.25, -0.2) is 4.79 Å². The van der Waals surface area contributed by atoms with Crippen molar-refractivity contribution in [3.8, 4) is 0 Å². The fraction of sp³-hybridized carbons (Fsp3) is 0.833. The average Bonchev–Trinajstić information content (AvgIpc) is 2.29. The Labute approximate surface area is 75.5 Å². The summed E-state index contributed by atoms with van der Waals surface area (Å²) in [6, 6.07) is -0.502. The minimum Gasteiger partial charge on any atom is -0.450 e. The van der Waals surface area contributed by atoms with E-state index in [1.807, 2.05) is 0 Å². The van der Waals surface area contributed by atoms with Crippen LogP contribution in [0.5, 0.6) is 0 Å². The zero-order valence-electron chi connectivity index (χ0n) is 7.08. The van der Waals surface area contributed by atoms with E-state index < -0.39 is 30.5 Å². The smallest absolute Gasteiger partial charge is 0.450 e. The molecular weight excluding hydrogens is 179 g/mol. The van der Waals surface area contributed by atoms with Crippen LogP contribution in [0.4, 0.5) is 4.79 Å². The van der Waals surface area contributed by atoms with Gasteiger partial charge in [0.2, 0.25) is 0 Å². The molecular formula is C6H11BO6. The Morgan fingerprint density at radius 3 is 2.46 bits per heavy atom. The SMILES string of the molecule is BC1OC(COC(=O)O)C(O)C1O. The summed E-state index contributed by atoms with van der Waals surface area (Å²) in [6.07, 6.45) is -4.28. The molecule has 1 rings (SSSR count). The van der Waals surface area contributed by atoms with Crippen LogP contribution in [-0.4, -0.2) is 60.2 Å². The van der Waals surface area contributed by atoms with Gasteiger partial charge in [-0.3, -0.25) is 0 Å². The Bertz CT molecular complexity index is 198. The van der Waals surface area contributed by atoms with Crippen molar-refractivity contribution < 1.29 is 29.6 Å². The van der Waals surface area contributed by atoms with Crippen LogP contribution in [0.3, 0.4) is 0 Å². The standard InChI is InChI=1S/C6H11BO6/c7-5-4(9)3(8)2(13-5)1-12-6(10)11/h2-5,8-9H,1,7H2,(H,10,11). The summed E-state index contributed by atoms with van der Waals surface area (Å²) in [5.74, 6) is 0. The van der Waals surface area contributed by atoms with Gasteiger partial charge in [-0.05, 0) is 0 Å². The van der Waals surface area contributed by atoms with E-state index in [1.165, 1.54) is 0 Å². The van der Waals surface area contributed by atoms with E-state index in [1.54, 1.807) is 7.85 Å². The molecule has 1 heterocycles. The molecule has 0 spiro atoms. The quantitative estimate of drug-likeness (QED) is 0.336. The predicted octanol–water partition coefficient (Wildman–Crippen LogP) is -2.24. The highest BCUT2D eigenvalue weighted by Gasteiger charge is 2.40. The maximum absolute atomic E-state index is 10.0. The third-order valence-electron chi connectivity index (χ3n) is 1.97. The van der Waals surface area contributed by atoms with Crippen molar-refractivity contribution in [1.82, 2.24) is 0 Å². The Morgan fingerprint density at radius 1 is 1.46 bits per heavy atom. The summed E-state index contributed by atoms with van der Waals surface area (Å²) in [5.41, 5.74) is 0. The van der Waals surface area contributed by atoms with Crippen LogP contribution in [-0.2, 0) is 9.47 Å².